The summed E-state index contributed by atoms with van der Waals surface area (Å²) in [5.41, 5.74) is 0.255. The molecule has 0 bridgehead atoms. The van der Waals surface area contributed by atoms with Crippen LogP contribution in [0.25, 0.3) is 0 Å². The predicted molar refractivity (Wildman–Crippen MR) is 73.6 cm³/mol. The number of nitrogens with one attached hydrogen (secondary N) is 1. The lowest BCUT2D eigenvalue weighted by Gasteiger charge is -2.15. The number of hydrogen-bond donors (Lipinski definition) is 1. The van der Waals surface area contributed by atoms with Gasteiger partial charge in [-0.3, -0.25) is 4.99 Å². The first-order chi connectivity index (χ1) is 8.04. The minimum Gasteiger partial charge on any atom is -0.331 e. The number of hydrogen-bond acceptors (Lipinski definition) is 3. The van der Waals surface area contributed by atoms with Crippen LogP contribution in [0.1, 0.15) is 20.3 Å². The van der Waals surface area contributed by atoms with Gasteiger partial charge < -0.3 is 5.32 Å². The van der Waals surface area contributed by atoms with Gasteiger partial charge in [0.25, 0.3) is 0 Å². The lowest BCUT2D eigenvalue weighted by molar-refractivity contribution is 0.522. The van der Waals surface area contributed by atoms with Gasteiger partial charge in [0.2, 0.25) is 0 Å². The summed E-state index contributed by atoms with van der Waals surface area (Å²) >= 11 is 7.55. The fraction of sp³-hybridized carbons (Fsp3) is 0.417. The molecule has 92 valence electrons. The van der Waals surface area contributed by atoms with Crippen molar-refractivity contribution in [2.45, 2.75) is 25.8 Å². The molecule has 0 aliphatic carbocycles. The number of benzene rings is 1. The first kappa shape index (κ1) is 12.7. The van der Waals surface area contributed by atoms with E-state index in [9.17, 15) is 4.39 Å². The molecule has 0 radical (unpaired) electrons. The molecule has 0 spiro atoms. The topological polar surface area (TPSA) is 24.4 Å². The van der Waals surface area contributed by atoms with Crippen LogP contribution in [0.3, 0.4) is 0 Å². The highest BCUT2D eigenvalue weighted by Gasteiger charge is 2.29. The lowest BCUT2D eigenvalue weighted by Crippen LogP contribution is -2.20. The number of amidine groups is 1. The van der Waals surface area contributed by atoms with Gasteiger partial charge in [0, 0.05) is 5.75 Å². The number of para-hydroxylation sites is 1. The summed E-state index contributed by atoms with van der Waals surface area (Å²) in [6.45, 7) is 4.20. The molecule has 1 aromatic rings. The maximum absolute atomic E-state index is 13.6. The van der Waals surface area contributed by atoms with E-state index in [-0.39, 0.29) is 11.4 Å². The van der Waals surface area contributed by atoms with Crippen LogP contribution in [0, 0.1) is 5.82 Å². The molecular weight excluding hydrogens is 259 g/mol. The van der Waals surface area contributed by atoms with Gasteiger partial charge in [0.05, 0.1) is 16.2 Å². The Hall–Kier alpha value is -0.740. The average molecular weight is 273 g/mol. The number of thioether (sulfide) groups is 1. The molecule has 5 heteroatoms. The minimum atomic E-state index is -0.356. The summed E-state index contributed by atoms with van der Waals surface area (Å²) in [4.78, 5) is 4.56. The van der Waals surface area contributed by atoms with Gasteiger partial charge in [-0.05, 0) is 25.5 Å². The fourth-order valence-corrected chi connectivity index (χ4v) is 2.89. The molecule has 1 aliphatic heterocycles. The van der Waals surface area contributed by atoms with Crippen molar-refractivity contribution in [1.82, 2.24) is 0 Å². The van der Waals surface area contributed by atoms with E-state index in [1.807, 2.05) is 0 Å². The molecule has 0 aromatic heterocycles. The minimum absolute atomic E-state index is 0.0509. The second kappa shape index (κ2) is 4.86. The molecule has 1 aromatic carbocycles. The van der Waals surface area contributed by atoms with Crippen LogP contribution in [-0.4, -0.2) is 16.5 Å². The molecule has 2 nitrogen and oxygen atoms in total. The molecule has 0 saturated heterocycles. The number of rotatable bonds is 2. The zero-order valence-corrected chi connectivity index (χ0v) is 11.3. The van der Waals surface area contributed by atoms with Crippen molar-refractivity contribution in [1.29, 1.82) is 0 Å². The molecule has 0 fully saturated rings. The molecule has 0 saturated carbocycles. The molecule has 1 unspecified atom stereocenters. The Bertz CT molecular complexity index is 444. The SMILES string of the molecule is CCC1(C)CSC(Nc2c(F)cccc2Cl)=N1. The van der Waals surface area contributed by atoms with E-state index >= 15 is 0 Å². The Morgan fingerprint density at radius 1 is 1.59 bits per heavy atom. The summed E-state index contributed by atoms with van der Waals surface area (Å²) in [6, 6.07) is 4.63. The number of anilines is 1. The summed E-state index contributed by atoms with van der Waals surface area (Å²) in [5.74, 6) is 0.559. The van der Waals surface area contributed by atoms with Gasteiger partial charge >= 0.3 is 0 Å². The highest BCUT2D eigenvalue weighted by molar-refractivity contribution is 8.14. The van der Waals surface area contributed by atoms with E-state index in [4.69, 9.17) is 11.6 Å². The zero-order valence-electron chi connectivity index (χ0n) is 9.76. The molecular formula is C12H14ClFN2S. The highest BCUT2D eigenvalue weighted by Crippen LogP contribution is 2.32. The first-order valence-electron chi connectivity index (χ1n) is 5.48. The van der Waals surface area contributed by atoms with Crippen LogP contribution >= 0.6 is 23.4 Å². The maximum Gasteiger partial charge on any atom is 0.161 e. The van der Waals surface area contributed by atoms with Crippen molar-refractivity contribution >= 4 is 34.2 Å². The van der Waals surface area contributed by atoms with Crippen molar-refractivity contribution in [2.24, 2.45) is 4.99 Å². The molecule has 1 heterocycles. The Kier molecular flexibility index (Phi) is 3.64. The molecule has 2 rings (SSSR count). The Balaban J connectivity index is 2.20. The molecule has 17 heavy (non-hydrogen) atoms. The maximum atomic E-state index is 13.6. The number of nitrogens with zero attached hydrogens (tertiary/aromatic N) is 1. The highest BCUT2D eigenvalue weighted by atomic mass is 35.5. The Morgan fingerprint density at radius 3 is 2.94 bits per heavy atom. The third-order valence-corrected chi connectivity index (χ3v) is 4.40. The smallest absolute Gasteiger partial charge is 0.161 e. The second-order valence-corrected chi connectivity index (χ2v) is 5.65. The first-order valence-corrected chi connectivity index (χ1v) is 6.84. The van der Waals surface area contributed by atoms with Gasteiger partial charge in [0.15, 0.2) is 5.17 Å². The van der Waals surface area contributed by atoms with Gasteiger partial charge in [-0.2, -0.15) is 0 Å². The predicted octanol–water partition coefficient (Wildman–Crippen LogP) is 4.16. The van der Waals surface area contributed by atoms with E-state index in [1.165, 1.54) is 6.07 Å². The standard InChI is InChI=1S/C12H14ClFN2S/c1-3-12(2)7-17-11(16-12)15-10-8(13)5-4-6-9(10)14/h4-6H,3,7H2,1-2H3,(H,15,16). The molecule has 1 atom stereocenters. The lowest BCUT2D eigenvalue weighted by atomic mass is 10.0. The normalized spacial score (nSPS) is 23.6. The summed E-state index contributed by atoms with van der Waals surface area (Å²) in [5, 5.41) is 4.08. The van der Waals surface area contributed by atoms with Crippen LogP contribution in [0.15, 0.2) is 23.2 Å². The van der Waals surface area contributed by atoms with Crippen LogP contribution in [0.5, 0.6) is 0 Å². The summed E-state index contributed by atoms with van der Waals surface area (Å²) in [6.07, 6.45) is 0.968. The van der Waals surface area contributed by atoms with Gasteiger partial charge in [-0.15, -0.1) is 0 Å². The second-order valence-electron chi connectivity index (χ2n) is 4.28. The summed E-state index contributed by atoms with van der Waals surface area (Å²) in [7, 11) is 0. The average Bonchev–Trinajstić information content (AvgIpc) is 2.67. The number of halogens is 2. The van der Waals surface area contributed by atoms with Crippen molar-refractivity contribution in [3.8, 4) is 0 Å². The van der Waals surface area contributed by atoms with Gasteiger partial charge in [-0.25, -0.2) is 4.39 Å². The monoisotopic (exact) mass is 272 g/mol. The van der Waals surface area contributed by atoms with Crippen LogP contribution < -0.4 is 5.32 Å². The fourth-order valence-electron chi connectivity index (χ4n) is 1.50. The zero-order chi connectivity index (χ0) is 12.5. The van der Waals surface area contributed by atoms with Crippen molar-refractivity contribution in [3.63, 3.8) is 0 Å². The van der Waals surface area contributed by atoms with Gasteiger partial charge in [0.1, 0.15) is 5.82 Å². The van der Waals surface area contributed by atoms with E-state index in [0.717, 1.165) is 17.3 Å². The Labute approximate surface area is 110 Å². The van der Waals surface area contributed by atoms with E-state index in [0.29, 0.717) is 10.7 Å². The van der Waals surface area contributed by atoms with E-state index in [1.54, 1.807) is 23.9 Å². The third kappa shape index (κ3) is 2.75. The summed E-state index contributed by atoms with van der Waals surface area (Å²) < 4.78 is 13.6. The quantitative estimate of drug-likeness (QED) is 0.874. The van der Waals surface area contributed by atoms with E-state index < -0.39 is 0 Å². The van der Waals surface area contributed by atoms with Gasteiger partial charge in [-0.1, -0.05) is 36.4 Å². The van der Waals surface area contributed by atoms with Crippen molar-refractivity contribution in [3.05, 3.63) is 29.0 Å². The largest absolute Gasteiger partial charge is 0.331 e. The molecule has 0 amide bonds. The molecule has 1 aliphatic rings. The number of aliphatic imine (C=N–C) groups is 1. The van der Waals surface area contributed by atoms with Crippen LogP contribution in [0.4, 0.5) is 10.1 Å². The third-order valence-electron chi connectivity index (χ3n) is 2.85. The van der Waals surface area contributed by atoms with Crippen molar-refractivity contribution in [2.75, 3.05) is 11.1 Å². The Morgan fingerprint density at radius 2 is 2.35 bits per heavy atom. The van der Waals surface area contributed by atoms with Crippen LogP contribution in [0.2, 0.25) is 5.02 Å². The molecule has 1 N–H and O–H groups in total. The van der Waals surface area contributed by atoms with Crippen LogP contribution in [-0.2, 0) is 0 Å². The van der Waals surface area contributed by atoms with Crippen molar-refractivity contribution < 1.29 is 4.39 Å². The van der Waals surface area contributed by atoms with E-state index in [2.05, 4.69) is 24.2 Å².